The molecule has 1 amide bonds. The molecule has 20 heavy (non-hydrogen) atoms. The van der Waals surface area contributed by atoms with Crippen LogP contribution in [0.5, 0.6) is 0 Å². The lowest BCUT2D eigenvalue weighted by molar-refractivity contribution is -0.122. The average Bonchev–Trinajstić information content (AvgIpc) is 2.85. The molecule has 1 saturated heterocycles. The molecule has 4 heteroatoms. The van der Waals surface area contributed by atoms with Crippen LogP contribution >= 0.6 is 0 Å². The Balaban J connectivity index is 1.72. The van der Waals surface area contributed by atoms with Gasteiger partial charge in [0, 0.05) is 20.2 Å². The Kier molecular flexibility index (Phi) is 5.56. The summed E-state index contributed by atoms with van der Waals surface area (Å²) in [5.74, 6) is 0.676. The Bertz CT molecular complexity index is 448. The third kappa shape index (κ3) is 4.32. The average molecular weight is 276 g/mol. The van der Waals surface area contributed by atoms with Gasteiger partial charge in [0.05, 0.1) is 13.2 Å². The molecule has 1 aromatic rings. The molecule has 1 aliphatic rings. The summed E-state index contributed by atoms with van der Waals surface area (Å²) in [6.45, 7) is 5.92. The van der Waals surface area contributed by atoms with E-state index in [1.807, 2.05) is 12.1 Å². The molecular weight excluding hydrogens is 252 g/mol. The van der Waals surface area contributed by atoms with Gasteiger partial charge in [-0.25, -0.2) is 0 Å². The minimum Gasteiger partial charge on any atom is -0.384 e. The van der Waals surface area contributed by atoms with Crippen LogP contribution in [-0.2, 0) is 16.1 Å². The first-order valence-corrected chi connectivity index (χ1v) is 7.21. The molecule has 1 heterocycles. The van der Waals surface area contributed by atoms with E-state index in [1.165, 1.54) is 11.1 Å². The fraction of sp³-hybridized carbons (Fsp3) is 0.562. The molecule has 110 valence electrons. The summed E-state index contributed by atoms with van der Waals surface area (Å²) in [5, 5.41) is 3.00. The van der Waals surface area contributed by atoms with Gasteiger partial charge in [-0.1, -0.05) is 24.3 Å². The van der Waals surface area contributed by atoms with E-state index in [-0.39, 0.29) is 5.91 Å². The number of hydrogen-bond acceptors (Lipinski definition) is 3. The minimum absolute atomic E-state index is 0.103. The van der Waals surface area contributed by atoms with Crippen LogP contribution in [0.25, 0.3) is 0 Å². The Labute approximate surface area is 121 Å². The number of nitrogens with zero attached hydrogens (tertiary/aromatic N) is 1. The molecule has 4 nitrogen and oxygen atoms in total. The number of aryl methyl sites for hydroxylation is 1. The van der Waals surface area contributed by atoms with Gasteiger partial charge < -0.3 is 10.1 Å². The van der Waals surface area contributed by atoms with Crippen molar-refractivity contribution in [1.82, 2.24) is 10.2 Å². The molecule has 0 unspecified atom stereocenters. The number of carbonyl (C=O) groups is 1. The fourth-order valence-corrected chi connectivity index (χ4v) is 2.69. The van der Waals surface area contributed by atoms with Crippen LogP contribution in [0.4, 0.5) is 0 Å². The number of amides is 1. The molecule has 0 radical (unpaired) electrons. The zero-order valence-corrected chi connectivity index (χ0v) is 12.4. The van der Waals surface area contributed by atoms with Crippen molar-refractivity contribution in [3.63, 3.8) is 0 Å². The molecule has 0 saturated carbocycles. The van der Waals surface area contributed by atoms with Gasteiger partial charge in [0.1, 0.15) is 0 Å². The number of hydrogen-bond donors (Lipinski definition) is 1. The summed E-state index contributed by atoms with van der Waals surface area (Å²) in [6, 6.07) is 8.14. The summed E-state index contributed by atoms with van der Waals surface area (Å²) in [7, 11) is 1.73. The number of likely N-dealkylation sites (tertiary alicyclic amines) is 1. The number of ether oxygens (including phenoxy) is 1. The van der Waals surface area contributed by atoms with Crippen LogP contribution in [0.1, 0.15) is 17.5 Å². The minimum atomic E-state index is 0.103. The summed E-state index contributed by atoms with van der Waals surface area (Å²) in [6.07, 6.45) is 1.12. The van der Waals surface area contributed by atoms with Crippen molar-refractivity contribution in [3.05, 3.63) is 35.4 Å². The fourth-order valence-electron chi connectivity index (χ4n) is 2.69. The van der Waals surface area contributed by atoms with Gasteiger partial charge in [-0.2, -0.15) is 0 Å². The molecule has 1 atom stereocenters. The topological polar surface area (TPSA) is 41.6 Å². The second kappa shape index (κ2) is 7.41. The van der Waals surface area contributed by atoms with Gasteiger partial charge in [-0.3, -0.25) is 9.69 Å². The number of rotatable bonds is 6. The van der Waals surface area contributed by atoms with Crippen LogP contribution in [0, 0.1) is 12.8 Å². The summed E-state index contributed by atoms with van der Waals surface area (Å²) < 4.78 is 5.17. The molecule has 0 aliphatic carbocycles. The largest absolute Gasteiger partial charge is 0.384 e. The van der Waals surface area contributed by atoms with Crippen molar-refractivity contribution >= 4 is 5.91 Å². The normalized spacial score (nSPS) is 19.2. The maximum atomic E-state index is 12.0. The van der Waals surface area contributed by atoms with Crippen LogP contribution in [0.2, 0.25) is 0 Å². The van der Waals surface area contributed by atoms with E-state index >= 15 is 0 Å². The van der Waals surface area contributed by atoms with Gasteiger partial charge in [0.2, 0.25) is 5.91 Å². The van der Waals surface area contributed by atoms with E-state index in [2.05, 4.69) is 29.3 Å². The standard InChI is InChI=1S/C16H24N2O2/c1-13-5-3-4-6-15(13)9-17-16(19)11-18-8-7-14(10-18)12-20-2/h3-6,14H,7-12H2,1-2H3,(H,17,19)/t14-/m0/s1. The van der Waals surface area contributed by atoms with E-state index in [9.17, 15) is 4.79 Å². The lowest BCUT2D eigenvalue weighted by atomic mass is 10.1. The molecule has 2 rings (SSSR count). The molecule has 0 bridgehead atoms. The van der Waals surface area contributed by atoms with Crippen molar-refractivity contribution in [1.29, 1.82) is 0 Å². The zero-order chi connectivity index (χ0) is 14.4. The third-order valence-corrected chi connectivity index (χ3v) is 3.88. The second-order valence-corrected chi connectivity index (χ2v) is 5.55. The lowest BCUT2D eigenvalue weighted by Crippen LogP contribution is -2.36. The van der Waals surface area contributed by atoms with E-state index in [0.29, 0.717) is 19.0 Å². The SMILES string of the molecule is COC[C@H]1CCN(CC(=O)NCc2ccccc2C)C1. The monoisotopic (exact) mass is 276 g/mol. The number of methoxy groups -OCH3 is 1. The van der Waals surface area contributed by atoms with Crippen LogP contribution in [-0.4, -0.2) is 44.2 Å². The Morgan fingerprint density at radius 1 is 1.45 bits per heavy atom. The van der Waals surface area contributed by atoms with Gasteiger partial charge >= 0.3 is 0 Å². The zero-order valence-electron chi connectivity index (χ0n) is 12.4. The van der Waals surface area contributed by atoms with E-state index in [1.54, 1.807) is 7.11 Å². The summed E-state index contributed by atoms with van der Waals surface area (Å²) in [4.78, 5) is 14.2. The van der Waals surface area contributed by atoms with Crippen molar-refractivity contribution in [2.75, 3.05) is 33.4 Å². The third-order valence-electron chi connectivity index (χ3n) is 3.88. The van der Waals surface area contributed by atoms with Crippen molar-refractivity contribution in [2.45, 2.75) is 19.9 Å². The molecule has 1 N–H and O–H groups in total. The highest BCUT2D eigenvalue weighted by Crippen LogP contribution is 2.15. The van der Waals surface area contributed by atoms with Crippen molar-refractivity contribution in [2.24, 2.45) is 5.92 Å². The number of carbonyl (C=O) groups excluding carboxylic acids is 1. The molecule has 1 fully saturated rings. The summed E-state index contributed by atoms with van der Waals surface area (Å²) >= 11 is 0. The first kappa shape index (κ1) is 15.0. The Hall–Kier alpha value is -1.39. The maximum absolute atomic E-state index is 12.0. The molecule has 1 aromatic carbocycles. The predicted octanol–water partition coefficient (Wildman–Crippen LogP) is 1.58. The second-order valence-electron chi connectivity index (χ2n) is 5.55. The molecular formula is C16H24N2O2. The smallest absolute Gasteiger partial charge is 0.234 e. The van der Waals surface area contributed by atoms with E-state index < -0.39 is 0 Å². The van der Waals surface area contributed by atoms with E-state index in [0.717, 1.165) is 26.1 Å². The van der Waals surface area contributed by atoms with Gasteiger partial charge in [-0.05, 0) is 36.9 Å². The van der Waals surface area contributed by atoms with Crippen molar-refractivity contribution < 1.29 is 9.53 Å². The van der Waals surface area contributed by atoms with Gasteiger partial charge in [-0.15, -0.1) is 0 Å². The Morgan fingerprint density at radius 2 is 2.25 bits per heavy atom. The maximum Gasteiger partial charge on any atom is 0.234 e. The first-order valence-electron chi connectivity index (χ1n) is 7.21. The first-order chi connectivity index (χ1) is 9.69. The number of nitrogens with one attached hydrogen (secondary N) is 1. The lowest BCUT2D eigenvalue weighted by Gasteiger charge is -2.16. The molecule has 1 aliphatic heterocycles. The highest BCUT2D eigenvalue weighted by molar-refractivity contribution is 5.78. The van der Waals surface area contributed by atoms with Gasteiger partial charge in [0.15, 0.2) is 0 Å². The summed E-state index contributed by atoms with van der Waals surface area (Å²) in [5.41, 5.74) is 2.40. The number of benzene rings is 1. The van der Waals surface area contributed by atoms with Crippen molar-refractivity contribution in [3.8, 4) is 0 Å². The molecule has 0 spiro atoms. The highest BCUT2D eigenvalue weighted by atomic mass is 16.5. The van der Waals surface area contributed by atoms with Gasteiger partial charge in [0.25, 0.3) is 0 Å². The quantitative estimate of drug-likeness (QED) is 0.857. The Morgan fingerprint density at radius 3 is 3.00 bits per heavy atom. The van der Waals surface area contributed by atoms with Crippen LogP contribution < -0.4 is 5.32 Å². The van der Waals surface area contributed by atoms with Crippen LogP contribution in [0.15, 0.2) is 24.3 Å². The van der Waals surface area contributed by atoms with E-state index in [4.69, 9.17) is 4.74 Å². The molecule has 0 aromatic heterocycles. The predicted molar refractivity (Wildman–Crippen MR) is 79.4 cm³/mol. The highest BCUT2D eigenvalue weighted by Gasteiger charge is 2.23. The van der Waals surface area contributed by atoms with Crippen LogP contribution in [0.3, 0.4) is 0 Å².